The number of benzene rings is 4. The zero-order chi connectivity index (χ0) is 25.6. The molecular formula is C25H27N3O6S. The first-order valence-corrected chi connectivity index (χ1v) is 12.2. The first kappa shape index (κ1) is 25.9. The molecule has 1 unspecified atom stereocenters. The van der Waals surface area contributed by atoms with Crippen molar-refractivity contribution >= 4 is 43.3 Å². The minimum absolute atomic E-state index is 0.0730. The van der Waals surface area contributed by atoms with Crippen molar-refractivity contribution in [1.29, 1.82) is 0 Å². The number of hydrazine groups is 1. The van der Waals surface area contributed by atoms with E-state index in [1.807, 2.05) is 42.5 Å². The maximum absolute atomic E-state index is 10.8. The summed E-state index contributed by atoms with van der Waals surface area (Å²) < 4.78 is 30.5. The maximum Gasteiger partial charge on any atom is 0.322 e. The van der Waals surface area contributed by atoms with Gasteiger partial charge in [-0.05, 0) is 59.3 Å². The molecule has 0 aromatic heterocycles. The topological polar surface area (TPSA) is 167 Å². The molecule has 0 spiro atoms. The average Bonchev–Trinajstić information content (AvgIpc) is 3.26. The predicted molar refractivity (Wildman–Crippen MR) is 135 cm³/mol. The number of carbonyl (C=O) groups is 1. The van der Waals surface area contributed by atoms with E-state index in [1.54, 1.807) is 24.3 Å². The van der Waals surface area contributed by atoms with Gasteiger partial charge in [0.2, 0.25) is 0 Å². The Morgan fingerprint density at radius 1 is 0.914 bits per heavy atom. The highest BCUT2D eigenvalue weighted by atomic mass is 32.2. The lowest BCUT2D eigenvalue weighted by molar-refractivity contribution is -0.142. The van der Waals surface area contributed by atoms with Gasteiger partial charge in [-0.1, -0.05) is 48.5 Å². The molecule has 7 N–H and O–H groups in total. The van der Waals surface area contributed by atoms with Gasteiger partial charge < -0.3 is 15.9 Å². The Kier molecular flexibility index (Phi) is 8.26. The molecule has 35 heavy (non-hydrogen) atoms. The average molecular weight is 498 g/mol. The summed E-state index contributed by atoms with van der Waals surface area (Å²) in [5.74, 6) is 4.80. The second-order valence-electron chi connectivity index (χ2n) is 7.98. The summed E-state index contributed by atoms with van der Waals surface area (Å²) in [5.41, 5.74) is 6.25. The number of hydrogen-bond donors (Lipinski definition) is 5. The first-order valence-electron chi connectivity index (χ1n) is 10.7. The lowest BCUT2D eigenvalue weighted by Gasteiger charge is -2.12. The molecule has 184 valence electrons. The van der Waals surface area contributed by atoms with E-state index in [4.69, 9.17) is 21.2 Å². The Labute approximate surface area is 202 Å². The van der Waals surface area contributed by atoms with Crippen LogP contribution in [0.5, 0.6) is 5.75 Å². The molecule has 1 heterocycles. The normalized spacial score (nSPS) is 15.7. The summed E-state index contributed by atoms with van der Waals surface area (Å²) in [7, 11) is -4.09. The third kappa shape index (κ3) is 6.90. The van der Waals surface area contributed by atoms with Gasteiger partial charge in [-0.15, -0.1) is 0 Å². The minimum Gasteiger partial charge on any atom is -0.507 e. The minimum atomic E-state index is -4.09. The van der Waals surface area contributed by atoms with Gasteiger partial charge in [0.05, 0.1) is 4.90 Å². The molecule has 4 aromatic carbocycles. The molecule has 0 bridgehead atoms. The van der Waals surface area contributed by atoms with Gasteiger partial charge in [0.25, 0.3) is 10.1 Å². The summed E-state index contributed by atoms with van der Waals surface area (Å²) >= 11 is 0. The monoisotopic (exact) mass is 497 g/mol. The van der Waals surface area contributed by atoms with Crippen LogP contribution in [0.4, 0.5) is 5.69 Å². The number of phenols is 1. The second kappa shape index (κ2) is 11.2. The molecular weight excluding hydrogens is 470 g/mol. The molecule has 9 nitrogen and oxygen atoms in total. The molecule has 1 aliphatic rings. The van der Waals surface area contributed by atoms with Gasteiger partial charge in [0.1, 0.15) is 11.8 Å². The fourth-order valence-electron chi connectivity index (χ4n) is 3.66. The third-order valence-corrected chi connectivity index (χ3v) is 6.33. The fourth-order valence-corrected chi connectivity index (χ4v) is 4.17. The van der Waals surface area contributed by atoms with E-state index in [0.29, 0.717) is 18.7 Å². The molecule has 0 aliphatic carbocycles. The molecule has 1 aliphatic heterocycles. The summed E-state index contributed by atoms with van der Waals surface area (Å²) in [6.07, 6.45) is 1.58. The van der Waals surface area contributed by atoms with Crippen LogP contribution in [0, 0.1) is 0 Å². The van der Waals surface area contributed by atoms with E-state index in [9.17, 15) is 18.3 Å². The van der Waals surface area contributed by atoms with E-state index < -0.39 is 22.1 Å². The maximum atomic E-state index is 10.8. The van der Waals surface area contributed by atoms with Crippen molar-refractivity contribution in [3.8, 4) is 5.75 Å². The zero-order valence-corrected chi connectivity index (χ0v) is 19.6. The quantitative estimate of drug-likeness (QED) is 0.158. The SMILES string of the molecule is NN1CCCC1C(=O)O.Nc1ccc2cccc(O)c2c1.O=S(=O)(O)c1ccc2ccccc2c1. The zero-order valence-electron chi connectivity index (χ0n) is 18.8. The number of anilines is 1. The first-order chi connectivity index (χ1) is 16.6. The van der Waals surface area contributed by atoms with Crippen molar-refractivity contribution in [2.45, 2.75) is 23.8 Å². The number of carboxylic acids is 1. The van der Waals surface area contributed by atoms with E-state index in [0.717, 1.165) is 28.0 Å². The standard InChI is InChI=1S/C10H9NO.C10H8O3S.C5H10N2O2/c11-8-5-4-7-2-1-3-10(12)9(7)6-8;11-14(12,13)10-6-5-8-3-1-2-4-9(8)7-10;6-7-3-1-2-4(7)5(8)9/h1-6,12H,11H2;1-7H,(H,11,12,13);4H,1-3,6H2,(H,8,9). The molecule has 1 saturated heterocycles. The van der Waals surface area contributed by atoms with Crippen molar-refractivity contribution in [3.05, 3.63) is 78.9 Å². The van der Waals surface area contributed by atoms with Crippen LogP contribution in [-0.2, 0) is 14.9 Å². The Hall–Kier alpha value is -3.70. The highest BCUT2D eigenvalue weighted by Crippen LogP contribution is 2.25. The third-order valence-electron chi connectivity index (χ3n) is 5.48. The number of nitrogens with two attached hydrogens (primary N) is 2. The van der Waals surface area contributed by atoms with E-state index in [2.05, 4.69) is 0 Å². The number of nitrogens with zero attached hydrogens (tertiary/aromatic N) is 1. The van der Waals surface area contributed by atoms with Crippen molar-refractivity contribution in [2.75, 3.05) is 12.3 Å². The number of aromatic hydroxyl groups is 1. The van der Waals surface area contributed by atoms with Gasteiger partial charge in [-0.2, -0.15) is 8.42 Å². The van der Waals surface area contributed by atoms with Gasteiger partial charge in [0.15, 0.2) is 0 Å². The van der Waals surface area contributed by atoms with Crippen LogP contribution in [-0.4, -0.2) is 46.7 Å². The molecule has 0 radical (unpaired) electrons. The van der Waals surface area contributed by atoms with Crippen LogP contribution in [0.15, 0.2) is 83.8 Å². The number of nitrogen functional groups attached to an aromatic ring is 1. The second-order valence-corrected chi connectivity index (χ2v) is 9.40. The van der Waals surface area contributed by atoms with Crippen molar-refractivity contribution < 1.29 is 28.0 Å². The van der Waals surface area contributed by atoms with Crippen LogP contribution in [0.1, 0.15) is 12.8 Å². The van der Waals surface area contributed by atoms with Crippen molar-refractivity contribution in [1.82, 2.24) is 5.01 Å². The number of rotatable bonds is 2. The largest absolute Gasteiger partial charge is 0.507 e. The number of phenolic OH excluding ortho intramolecular Hbond substituents is 1. The van der Waals surface area contributed by atoms with Crippen LogP contribution in [0.3, 0.4) is 0 Å². The van der Waals surface area contributed by atoms with Crippen LogP contribution in [0.25, 0.3) is 21.5 Å². The number of hydrogen-bond acceptors (Lipinski definition) is 7. The number of aliphatic carboxylic acids is 1. The van der Waals surface area contributed by atoms with Crippen molar-refractivity contribution in [3.63, 3.8) is 0 Å². The molecule has 10 heteroatoms. The van der Waals surface area contributed by atoms with Gasteiger partial charge in [-0.3, -0.25) is 15.2 Å². The Morgan fingerprint density at radius 2 is 1.57 bits per heavy atom. The van der Waals surface area contributed by atoms with E-state index >= 15 is 0 Å². The highest BCUT2D eigenvalue weighted by molar-refractivity contribution is 7.85. The summed E-state index contributed by atoms with van der Waals surface area (Å²) in [5, 5.41) is 22.8. The molecule has 0 amide bonds. The van der Waals surface area contributed by atoms with Crippen molar-refractivity contribution in [2.24, 2.45) is 5.84 Å². The Bertz CT molecular complexity index is 1440. The van der Waals surface area contributed by atoms with Crippen LogP contribution in [0.2, 0.25) is 0 Å². The highest BCUT2D eigenvalue weighted by Gasteiger charge is 2.27. The fraction of sp³-hybridized carbons (Fsp3) is 0.160. The Balaban J connectivity index is 0.000000150. The number of carboxylic acid groups (broad SMARTS) is 1. The Morgan fingerprint density at radius 3 is 2.17 bits per heavy atom. The lowest BCUT2D eigenvalue weighted by Crippen LogP contribution is -2.40. The van der Waals surface area contributed by atoms with Gasteiger partial charge in [0, 0.05) is 17.6 Å². The predicted octanol–water partition coefficient (Wildman–Crippen LogP) is 3.62. The molecule has 1 atom stereocenters. The van der Waals surface area contributed by atoms with E-state index in [1.165, 1.54) is 17.1 Å². The molecule has 4 aromatic rings. The van der Waals surface area contributed by atoms with Gasteiger partial charge in [-0.25, -0.2) is 5.01 Å². The van der Waals surface area contributed by atoms with Gasteiger partial charge >= 0.3 is 5.97 Å². The molecule has 0 saturated carbocycles. The van der Waals surface area contributed by atoms with Crippen LogP contribution < -0.4 is 11.6 Å². The number of fused-ring (bicyclic) bond motifs is 2. The molecule has 1 fully saturated rings. The van der Waals surface area contributed by atoms with Crippen LogP contribution >= 0.6 is 0 Å². The summed E-state index contributed by atoms with van der Waals surface area (Å²) in [4.78, 5) is 10.2. The molecule has 5 rings (SSSR count). The summed E-state index contributed by atoms with van der Waals surface area (Å²) in [6, 6.07) is 22.3. The van der Waals surface area contributed by atoms with E-state index in [-0.39, 0.29) is 10.6 Å². The lowest BCUT2D eigenvalue weighted by atomic mass is 10.1. The smallest absolute Gasteiger partial charge is 0.322 e. The summed E-state index contributed by atoms with van der Waals surface area (Å²) in [6.45, 7) is 0.705.